The van der Waals surface area contributed by atoms with Crippen LogP contribution in [0.2, 0.25) is 10.0 Å². The van der Waals surface area contributed by atoms with E-state index in [2.05, 4.69) is 0 Å². The van der Waals surface area contributed by atoms with Gasteiger partial charge in [-0.25, -0.2) is 0 Å². The number of aliphatic hydroxyl groups excluding tert-OH is 1. The molecule has 1 amide bonds. The van der Waals surface area contributed by atoms with Crippen molar-refractivity contribution in [1.29, 1.82) is 0 Å². The smallest absolute Gasteiger partial charge is 0.295 e. The van der Waals surface area contributed by atoms with Crippen LogP contribution in [0.15, 0.2) is 48.0 Å². The lowest BCUT2D eigenvalue weighted by molar-refractivity contribution is -0.139. The van der Waals surface area contributed by atoms with Crippen LogP contribution in [0.4, 0.5) is 0 Å². The SMILES string of the molecule is CCCN1C(=O)C(=O)/C(=C(/O)c2cc(OCC)ccc2Cl)C1c1ccc(Cl)cc1. The normalized spacial score (nSPS) is 18.3. The summed E-state index contributed by atoms with van der Waals surface area (Å²) >= 11 is 12.3. The molecular weight excluding hydrogens is 413 g/mol. The predicted octanol–water partition coefficient (Wildman–Crippen LogP) is 5.22. The second-order valence-electron chi connectivity index (χ2n) is 6.62. The first-order valence-corrected chi connectivity index (χ1v) is 10.1. The van der Waals surface area contributed by atoms with Crippen LogP contribution in [0, 0.1) is 0 Å². The van der Waals surface area contributed by atoms with Gasteiger partial charge in [0.05, 0.1) is 23.2 Å². The van der Waals surface area contributed by atoms with Gasteiger partial charge in [-0.3, -0.25) is 9.59 Å². The van der Waals surface area contributed by atoms with Gasteiger partial charge in [0.1, 0.15) is 11.5 Å². The van der Waals surface area contributed by atoms with Gasteiger partial charge in [0.2, 0.25) is 0 Å². The number of ether oxygens (including phenoxy) is 1. The predicted molar refractivity (Wildman–Crippen MR) is 113 cm³/mol. The number of carbonyl (C=O) groups excluding carboxylic acids is 2. The largest absolute Gasteiger partial charge is 0.507 e. The second-order valence-corrected chi connectivity index (χ2v) is 7.46. The number of benzene rings is 2. The van der Waals surface area contributed by atoms with Crippen molar-refractivity contribution in [2.75, 3.05) is 13.2 Å². The molecule has 3 rings (SSSR count). The molecule has 29 heavy (non-hydrogen) atoms. The number of hydrogen-bond donors (Lipinski definition) is 1. The standard InChI is InChI=1S/C22H21Cl2NO4/c1-3-11-25-19(13-5-7-14(23)8-6-13)18(21(27)22(25)28)20(26)16-12-15(29-4-2)9-10-17(16)24/h5-10,12,19,26H,3-4,11H2,1-2H3/b20-18+. The highest BCUT2D eigenvalue weighted by molar-refractivity contribution is 6.47. The van der Waals surface area contributed by atoms with Crippen molar-refractivity contribution in [2.24, 2.45) is 0 Å². The van der Waals surface area contributed by atoms with Gasteiger partial charge >= 0.3 is 0 Å². The molecule has 0 spiro atoms. The molecule has 0 aromatic heterocycles. The Hall–Kier alpha value is -2.50. The lowest BCUT2D eigenvalue weighted by atomic mass is 9.95. The molecule has 0 saturated carbocycles. The summed E-state index contributed by atoms with van der Waals surface area (Å²) in [5.41, 5.74) is 0.924. The van der Waals surface area contributed by atoms with Crippen molar-refractivity contribution in [3.63, 3.8) is 0 Å². The summed E-state index contributed by atoms with van der Waals surface area (Å²) in [5, 5.41) is 11.9. The fraction of sp³-hybridized carbons (Fsp3) is 0.273. The molecule has 1 N–H and O–H groups in total. The van der Waals surface area contributed by atoms with Crippen LogP contribution < -0.4 is 4.74 Å². The molecule has 2 aromatic carbocycles. The number of Topliss-reactive ketones (excluding diaryl/α,β-unsaturated/α-hetero) is 1. The van der Waals surface area contributed by atoms with Gasteiger partial charge in [-0.2, -0.15) is 0 Å². The third-order valence-electron chi connectivity index (χ3n) is 4.69. The molecule has 7 heteroatoms. The van der Waals surface area contributed by atoms with Gasteiger partial charge in [-0.05, 0) is 49.2 Å². The zero-order chi connectivity index (χ0) is 21.1. The molecule has 5 nitrogen and oxygen atoms in total. The highest BCUT2D eigenvalue weighted by atomic mass is 35.5. The van der Waals surface area contributed by atoms with Crippen molar-refractivity contribution in [1.82, 2.24) is 4.90 Å². The van der Waals surface area contributed by atoms with Gasteiger partial charge in [0, 0.05) is 17.1 Å². The van der Waals surface area contributed by atoms with Gasteiger partial charge in [0.15, 0.2) is 0 Å². The molecule has 1 aliphatic heterocycles. The maximum Gasteiger partial charge on any atom is 0.295 e. The summed E-state index contributed by atoms with van der Waals surface area (Å²) in [4.78, 5) is 27.0. The molecule has 0 aliphatic carbocycles. The Labute approximate surface area is 179 Å². The van der Waals surface area contributed by atoms with Gasteiger partial charge in [0.25, 0.3) is 11.7 Å². The summed E-state index contributed by atoms with van der Waals surface area (Å²) in [6, 6.07) is 11.0. The molecule has 1 aliphatic rings. The van der Waals surface area contributed by atoms with Gasteiger partial charge < -0.3 is 14.7 Å². The topological polar surface area (TPSA) is 66.8 Å². The molecule has 1 saturated heterocycles. The van der Waals surface area contributed by atoms with E-state index in [1.807, 2.05) is 13.8 Å². The third kappa shape index (κ3) is 4.11. The van der Waals surface area contributed by atoms with E-state index in [1.165, 1.54) is 4.90 Å². The Morgan fingerprint density at radius 2 is 1.79 bits per heavy atom. The first-order chi connectivity index (χ1) is 13.9. The maximum atomic E-state index is 12.9. The first-order valence-electron chi connectivity index (χ1n) is 9.35. The number of amides is 1. The summed E-state index contributed by atoms with van der Waals surface area (Å²) in [7, 11) is 0. The Morgan fingerprint density at radius 1 is 1.10 bits per heavy atom. The van der Waals surface area contributed by atoms with Crippen LogP contribution >= 0.6 is 23.2 Å². The van der Waals surface area contributed by atoms with E-state index < -0.39 is 17.7 Å². The van der Waals surface area contributed by atoms with E-state index in [4.69, 9.17) is 27.9 Å². The van der Waals surface area contributed by atoms with Crippen LogP contribution in [0.5, 0.6) is 5.75 Å². The Balaban J connectivity index is 2.20. The fourth-order valence-electron chi connectivity index (χ4n) is 3.43. The number of likely N-dealkylation sites (tertiary alicyclic amines) is 1. The minimum absolute atomic E-state index is 0.00122. The average molecular weight is 434 g/mol. The molecule has 1 heterocycles. The molecule has 0 bridgehead atoms. The minimum atomic E-state index is -0.742. The average Bonchev–Trinajstić information content (AvgIpc) is 2.95. The number of ketones is 1. The van der Waals surface area contributed by atoms with E-state index in [-0.39, 0.29) is 21.9 Å². The van der Waals surface area contributed by atoms with Crippen molar-refractivity contribution in [3.8, 4) is 5.75 Å². The number of nitrogens with zero attached hydrogens (tertiary/aromatic N) is 1. The Morgan fingerprint density at radius 3 is 2.41 bits per heavy atom. The minimum Gasteiger partial charge on any atom is -0.507 e. The van der Waals surface area contributed by atoms with Crippen molar-refractivity contribution >= 4 is 40.7 Å². The first kappa shape index (κ1) is 21.2. The second kappa shape index (κ2) is 8.89. The molecule has 2 aromatic rings. The summed E-state index contributed by atoms with van der Waals surface area (Å²) in [5.74, 6) is -1.21. The number of rotatable bonds is 6. The fourth-order valence-corrected chi connectivity index (χ4v) is 3.76. The quantitative estimate of drug-likeness (QED) is 0.385. The molecule has 152 valence electrons. The lowest BCUT2D eigenvalue weighted by Gasteiger charge is -2.25. The van der Waals surface area contributed by atoms with Gasteiger partial charge in [-0.15, -0.1) is 0 Å². The molecular formula is C22H21Cl2NO4. The van der Waals surface area contributed by atoms with E-state index in [0.717, 1.165) is 0 Å². The van der Waals surface area contributed by atoms with Crippen LogP contribution in [0.3, 0.4) is 0 Å². The highest BCUT2D eigenvalue weighted by Crippen LogP contribution is 2.41. The third-order valence-corrected chi connectivity index (χ3v) is 5.28. The Kier molecular flexibility index (Phi) is 6.50. The molecule has 1 atom stereocenters. The zero-order valence-corrected chi connectivity index (χ0v) is 17.6. The van der Waals surface area contributed by atoms with E-state index in [0.29, 0.717) is 35.9 Å². The molecule has 0 radical (unpaired) electrons. The van der Waals surface area contributed by atoms with Crippen molar-refractivity contribution < 1.29 is 19.4 Å². The lowest BCUT2D eigenvalue weighted by Crippen LogP contribution is -2.30. The summed E-state index contributed by atoms with van der Waals surface area (Å²) in [6.45, 7) is 4.57. The Bertz CT molecular complexity index is 969. The van der Waals surface area contributed by atoms with Gasteiger partial charge in [-0.1, -0.05) is 42.3 Å². The number of hydrogen-bond acceptors (Lipinski definition) is 4. The van der Waals surface area contributed by atoms with E-state index in [1.54, 1.807) is 42.5 Å². The summed E-state index contributed by atoms with van der Waals surface area (Å²) < 4.78 is 5.48. The molecule has 1 unspecified atom stereocenters. The van der Waals surface area contributed by atoms with Crippen molar-refractivity contribution in [2.45, 2.75) is 26.3 Å². The number of halogens is 2. The number of carbonyl (C=O) groups is 2. The number of aliphatic hydroxyl groups is 1. The van der Waals surface area contributed by atoms with Crippen LogP contribution in [0.1, 0.15) is 37.4 Å². The molecule has 1 fully saturated rings. The maximum absolute atomic E-state index is 12.9. The van der Waals surface area contributed by atoms with Crippen LogP contribution in [-0.2, 0) is 9.59 Å². The van der Waals surface area contributed by atoms with Crippen molar-refractivity contribution in [3.05, 3.63) is 69.2 Å². The monoisotopic (exact) mass is 433 g/mol. The van der Waals surface area contributed by atoms with Crippen LogP contribution in [-0.4, -0.2) is 34.8 Å². The van der Waals surface area contributed by atoms with Crippen LogP contribution in [0.25, 0.3) is 5.76 Å². The van der Waals surface area contributed by atoms with E-state index in [9.17, 15) is 14.7 Å². The van der Waals surface area contributed by atoms with E-state index >= 15 is 0 Å². The summed E-state index contributed by atoms with van der Waals surface area (Å²) in [6.07, 6.45) is 0.664. The zero-order valence-electron chi connectivity index (χ0n) is 16.1. The highest BCUT2D eigenvalue weighted by Gasteiger charge is 2.45.